The van der Waals surface area contributed by atoms with Crippen molar-refractivity contribution in [2.75, 3.05) is 0 Å². The molecule has 0 saturated heterocycles. The molecule has 0 rings (SSSR count). The summed E-state index contributed by atoms with van der Waals surface area (Å²) in [6.45, 7) is 5.38. The van der Waals surface area contributed by atoms with Gasteiger partial charge in [0.2, 0.25) is 6.29 Å². The molecule has 0 aromatic rings. The molecule has 4 nitrogen and oxygen atoms in total. The fourth-order valence-electron chi connectivity index (χ4n) is 2.76. The van der Waals surface area contributed by atoms with Crippen LogP contribution in [-0.4, -0.2) is 28.1 Å². The fraction of sp³-hybridized carbons (Fsp3) is 0.783. The molecule has 4 heteroatoms. The highest BCUT2D eigenvalue weighted by atomic mass is 16.6. The Morgan fingerprint density at radius 2 is 1.48 bits per heavy atom. The summed E-state index contributed by atoms with van der Waals surface area (Å²) in [4.78, 5) is 11.6. The first-order chi connectivity index (χ1) is 12.8. The van der Waals surface area contributed by atoms with Crippen molar-refractivity contribution in [3.63, 3.8) is 0 Å². The van der Waals surface area contributed by atoms with Crippen LogP contribution in [0.25, 0.3) is 0 Å². The predicted molar refractivity (Wildman–Crippen MR) is 112 cm³/mol. The van der Waals surface area contributed by atoms with Crippen LogP contribution in [0, 0.1) is 0 Å². The van der Waals surface area contributed by atoms with E-state index in [1.54, 1.807) is 13.8 Å². The van der Waals surface area contributed by atoms with E-state index in [1.807, 2.05) is 0 Å². The van der Waals surface area contributed by atoms with Gasteiger partial charge in [0.25, 0.3) is 0 Å². The van der Waals surface area contributed by atoms with Gasteiger partial charge in [-0.05, 0) is 52.4 Å². The highest BCUT2D eigenvalue weighted by Gasteiger charge is 2.21. The first kappa shape index (κ1) is 25.9. The summed E-state index contributed by atoms with van der Waals surface area (Å²) >= 11 is 0. The molecule has 0 radical (unpaired) electrons. The quantitative estimate of drug-likeness (QED) is 0.144. The van der Waals surface area contributed by atoms with Crippen LogP contribution in [-0.2, 0) is 9.53 Å². The summed E-state index contributed by atoms with van der Waals surface area (Å²) in [5.41, 5.74) is -1.04. The molecule has 0 aliphatic heterocycles. The third kappa shape index (κ3) is 21.0. The van der Waals surface area contributed by atoms with E-state index < -0.39 is 17.9 Å². The van der Waals surface area contributed by atoms with Gasteiger partial charge in [-0.1, -0.05) is 63.3 Å². The van der Waals surface area contributed by atoms with Gasteiger partial charge < -0.3 is 14.9 Å². The van der Waals surface area contributed by atoms with Gasteiger partial charge in [-0.25, -0.2) is 0 Å². The van der Waals surface area contributed by atoms with E-state index in [0.717, 1.165) is 32.1 Å². The van der Waals surface area contributed by atoms with Gasteiger partial charge in [0, 0.05) is 12.8 Å². The van der Waals surface area contributed by atoms with Crippen molar-refractivity contribution in [3.05, 3.63) is 24.3 Å². The van der Waals surface area contributed by atoms with E-state index in [2.05, 4.69) is 31.2 Å². The molecule has 1 atom stereocenters. The second-order valence-electron chi connectivity index (χ2n) is 7.94. The Bertz CT molecular complexity index is 407. The lowest BCUT2D eigenvalue weighted by Gasteiger charge is -2.21. The first-order valence-corrected chi connectivity index (χ1v) is 10.7. The topological polar surface area (TPSA) is 66.8 Å². The van der Waals surface area contributed by atoms with Gasteiger partial charge in [-0.3, -0.25) is 4.79 Å². The zero-order chi connectivity index (χ0) is 20.4. The van der Waals surface area contributed by atoms with Crippen molar-refractivity contribution >= 4 is 5.97 Å². The summed E-state index contributed by atoms with van der Waals surface area (Å²) in [5, 5.41) is 19.1. The minimum absolute atomic E-state index is 0.0287. The third-order valence-electron chi connectivity index (χ3n) is 4.27. The maximum absolute atomic E-state index is 11.6. The molecule has 0 aromatic carbocycles. The Balaban J connectivity index is 3.44. The number of unbranched alkanes of at least 4 members (excludes halogenated alkanes) is 8. The number of aliphatic hydroxyl groups excluding tert-OH is 1. The molecule has 27 heavy (non-hydrogen) atoms. The number of rotatable bonds is 17. The predicted octanol–water partition coefficient (Wildman–Crippen LogP) is 5.82. The highest BCUT2D eigenvalue weighted by Crippen LogP contribution is 2.13. The van der Waals surface area contributed by atoms with Crippen molar-refractivity contribution < 1.29 is 19.7 Å². The van der Waals surface area contributed by atoms with Gasteiger partial charge in [0.05, 0.1) is 5.60 Å². The Kier molecular flexibility index (Phi) is 16.3. The summed E-state index contributed by atoms with van der Waals surface area (Å²) in [7, 11) is 0. The summed E-state index contributed by atoms with van der Waals surface area (Å²) < 4.78 is 4.89. The summed E-state index contributed by atoms with van der Waals surface area (Å²) in [6, 6.07) is 0. The lowest BCUT2D eigenvalue weighted by molar-refractivity contribution is -0.175. The number of hydrogen-bond acceptors (Lipinski definition) is 4. The van der Waals surface area contributed by atoms with Crippen molar-refractivity contribution in [2.45, 2.75) is 116 Å². The Labute approximate surface area is 166 Å². The van der Waals surface area contributed by atoms with Crippen LogP contribution in [0.4, 0.5) is 0 Å². The molecule has 2 N–H and O–H groups in total. The zero-order valence-corrected chi connectivity index (χ0v) is 17.8. The minimum Gasteiger partial charge on any atom is -0.436 e. The number of allylic oxidation sites excluding steroid dienone is 4. The van der Waals surface area contributed by atoms with Crippen LogP contribution in [0.5, 0.6) is 0 Å². The lowest BCUT2D eigenvalue weighted by atomic mass is 10.1. The Hall–Kier alpha value is -1.13. The molecule has 0 fully saturated rings. The van der Waals surface area contributed by atoms with Crippen LogP contribution in [0.3, 0.4) is 0 Å². The van der Waals surface area contributed by atoms with E-state index in [0.29, 0.717) is 6.42 Å². The fourth-order valence-corrected chi connectivity index (χ4v) is 2.76. The number of carbonyl (C=O) groups excluding carboxylic acids is 1. The van der Waals surface area contributed by atoms with Crippen LogP contribution in [0.2, 0.25) is 0 Å². The standard InChI is InChI=1S/C23H42O4/c1-4-5-6-7-8-9-10-11-12-13-14-15-16-17-18-19-21(24)27-22(25)20-23(2,3)26/h8-9,11-12,22,25-26H,4-7,10,13-20H2,1-3H3/b9-8-,12-11-. The van der Waals surface area contributed by atoms with E-state index in [9.17, 15) is 15.0 Å². The largest absolute Gasteiger partial charge is 0.436 e. The van der Waals surface area contributed by atoms with Gasteiger partial charge in [0.15, 0.2) is 0 Å². The average molecular weight is 383 g/mol. The normalized spacial score (nSPS) is 13.5. The van der Waals surface area contributed by atoms with Gasteiger partial charge >= 0.3 is 5.97 Å². The minimum atomic E-state index is -1.23. The smallest absolute Gasteiger partial charge is 0.308 e. The molecule has 0 aliphatic rings. The van der Waals surface area contributed by atoms with Crippen LogP contribution in [0.15, 0.2) is 24.3 Å². The van der Waals surface area contributed by atoms with E-state index in [1.165, 1.54) is 38.5 Å². The number of hydrogen-bond donors (Lipinski definition) is 2. The monoisotopic (exact) mass is 382 g/mol. The SMILES string of the molecule is CCCCC/C=C\C/C=C\CCCCCCCC(=O)OC(O)CC(C)(C)O. The van der Waals surface area contributed by atoms with Crippen molar-refractivity contribution in [1.82, 2.24) is 0 Å². The molecule has 1 unspecified atom stereocenters. The second-order valence-corrected chi connectivity index (χ2v) is 7.94. The van der Waals surface area contributed by atoms with Crippen molar-refractivity contribution in [3.8, 4) is 0 Å². The first-order valence-electron chi connectivity index (χ1n) is 10.7. The van der Waals surface area contributed by atoms with Crippen LogP contribution < -0.4 is 0 Å². The molecule has 0 saturated carbocycles. The third-order valence-corrected chi connectivity index (χ3v) is 4.27. The van der Waals surface area contributed by atoms with Crippen LogP contribution >= 0.6 is 0 Å². The molecule has 0 aromatic heterocycles. The molecule has 0 spiro atoms. The maximum atomic E-state index is 11.6. The van der Waals surface area contributed by atoms with Gasteiger partial charge in [-0.2, -0.15) is 0 Å². The Morgan fingerprint density at radius 3 is 2.07 bits per heavy atom. The lowest BCUT2D eigenvalue weighted by Crippen LogP contribution is -2.29. The summed E-state index contributed by atoms with van der Waals surface area (Å²) in [6.07, 6.45) is 20.7. The van der Waals surface area contributed by atoms with E-state index >= 15 is 0 Å². The van der Waals surface area contributed by atoms with E-state index in [4.69, 9.17) is 4.74 Å². The Morgan fingerprint density at radius 1 is 0.926 bits per heavy atom. The summed E-state index contributed by atoms with van der Waals surface area (Å²) in [5.74, 6) is -0.391. The zero-order valence-electron chi connectivity index (χ0n) is 17.8. The molecule has 0 heterocycles. The van der Waals surface area contributed by atoms with Crippen molar-refractivity contribution in [1.29, 1.82) is 0 Å². The second kappa shape index (κ2) is 17.0. The molecule has 0 amide bonds. The number of aliphatic hydroxyl groups is 2. The average Bonchev–Trinajstić information content (AvgIpc) is 2.56. The van der Waals surface area contributed by atoms with Crippen molar-refractivity contribution in [2.24, 2.45) is 0 Å². The highest BCUT2D eigenvalue weighted by molar-refractivity contribution is 5.69. The molecule has 158 valence electrons. The number of carbonyl (C=O) groups is 1. The molecule has 0 aliphatic carbocycles. The maximum Gasteiger partial charge on any atom is 0.308 e. The molecular formula is C23H42O4. The number of esters is 1. The molecular weight excluding hydrogens is 340 g/mol. The van der Waals surface area contributed by atoms with Gasteiger partial charge in [-0.15, -0.1) is 0 Å². The van der Waals surface area contributed by atoms with E-state index in [-0.39, 0.29) is 6.42 Å². The number of ether oxygens (including phenoxy) is 1. The van der Waals surface area contributed by atoms with Gasteiger partial charge in [0.1, 0.15) is 0 Å². The van der Waals surface area contributed by atoms with Crippen LogP contribution in [0.1, 0.15) is 104 Å². The molecule has 0 bridgehead atoms.